The first-order valence-corrected chi connectivity index (χ1v) is 5.20. The minimum Gasteiger partial charge on any atom is -0.444 e. The molecule has 0 saturated heterocycles. The quantitative estimate of drug-likeness (QED) is 0.795. The summed E-state index contributed by atoms with van der Waals surface area (Å²) >= 11 is 0. The molecule has 0 bridgehead atoms. The smallest absolute Gasteiger partial charge is 0.410 e. The highest BCUT2D eigenvalue weighted by molar-refractivity contribution is 5.81. The Morgan fingerprint density at radius 3 is 1.94 bits per heavy atom. The van der Waals surface area contributed by atoms with Crippen molar-refractivity contribution in [2.24, 2.45) is 11.1 Å². The Morgan fingerprint density at radius 2 is 1.62 bits per heavy atom. The molecule has 2 amide bonds. The number of carbonyl (C=O) groups is 2. The van der Waals surface area contributed by atoms with E-state index in [1.807, 2.05) is 0 Å². The second-order valence-corrected chi connectivity index (χ2v) is 5.58. The topological polar surface area (TPSA) is 72.6 Å². The third-order valence-electron chi connectivity index (χ3n) is 2.00. The monoisotopic (exact) mass is 230 g/mol. The normalized spacial score (nSPS) is 12.1. The van der Waals surface area contributed by atoms with Crippen LogP contribution in [0.4, 0.5) is 4.79 Å². The summed E-state index contributed by atoms with van der Waals surface area (Å²) in [4.78, 5) is 24.1. The Hall–Kier alpha value is -1.26. The van der Waals surface area contributed by atoms with Crippen LogP contribution in [0.3, 0.4) is 0 Å². The minimum atomic E-state index is -0.758. The first kappa shape index (κ1) is 14.7. The summed E-state index contributed by atoms with van der Waals surface area (Å²) in [5.41, 5.74) is 3.93. The molecule has 0 aliphatic heterocycles. The van der Waals surface area contributed by atoms with Gasteiger partial charge in [-0.2, -0.15) is 0 Å². The first-order valence-electron chi connectivity index (χ1n) is 5.20. The molecular formula is C11H22N2O3. The van der Waals surface area contributed by atoms with E-state index in [-0.39, 0.29) is 6.54 Å². The third kappa shape index (κ3) is 5.00. The lowest BCUT2D eigenvalue weighted by atomic mass is 9.92. The van der Waals surface area contributed by atoms with Gasteiger partial charge >= 0.3 is 6.09 Å². The lowest BCUT2D eigenvalue weighted by Crippen LogP contribution is -2.44. The van der Waals surface area contributed by atoms with Gasteiger partial charge in [-0.1, -0.05) is 0 Å². The lowest BCUT2D eigenvalue weighted by molar-refractivity contribution is -0.126. The fourth-order valence-electron chi connectivity index (χ4n) is 1.08. The number of amides is 2. The van der Waals surface area contributed by atoms with E-state index in [9.17, 15) is 9.59 Å². The maximum atomic E-state index is 11.6. The third-order valence-corrected chi connectivity index (χ3v) is 2.00. The van der Waals surface area contributed by atoms with Gasteiger partial charge in [0.1, 0.15) is 5.60 Å². The van der Waals surface area contributed by atoms with E-state index in [4.69, 9.17) is 10.5 Å². The maximum absolute atomic E-state index is 11.6. The average molecular weight is 230 g/mol. The van der Waals surface area contributed by atoms with Gasteiger partial charge in [0, 0.05) is 13.6 Å². The maximum Gasteiger partial charge on any atom is 0.410 e. The van der Waals surface area contributed by atoms with Crippen LogP contribution in [0.15, 0.2) is 0 Å². The molecule has 5 heteroatoms. The number of nitrogens with two attached hydrogens (primary N) is 1. The molecule has 0 rings (SSSR count). The van der Waals surface area contributed by atoms with Crippen molar-refractivity contribution >= 4 is 12.0 Å². The van der Waals surface area contributed by atoms with Crippen molar-refractivity contribution in [3.8, 4) is 0 Å². The Bertz CT molecular complexity index is 279. The van der Waals surface area contributed by atoms with Crippen LogP contribution in [0.5, 0.6) is 0 Å². The van der Waals surface area contributed by atoms with Gasteiger partial charge in [-0.05, 0) is 34.6 Å². The highest BCUT2D eigenvalue weighted by atomic mass is 16.6. The zero-order valence-electron chi connectivity index (χ0n) is 11.0. The van der Waals surface area contributed by atoms with Gasteiger partial charge in [-0.3, -0.25) is 4.79 Å². The van der Waals surface area contributed by atoms with Crippen LogP contribution >= 0.6 is 0 Å². The van der Waals surface area contributed by atoms with Gasteiger partial charge in [0.05, 0.1) is 5.41 Å². The second-order valence-electron chi connectivity index (χ2n) is 5.58. The summed E-state index contributed by atoms with van der Waals surface area (Å²) in [6, 6.07) is 0. The molecule has 0 saturated carbocycles. The number of hydrogen-bond donors (Lipinski definition) is 1. The van der Waals surface area contributed by atoms with E-state index in [1.165, 1.54) is 4.90 Å². The van der Waals surface area contributed by atoms with Gasteiger partial charge in [-0.15, -0.1) is 0 Å². The molecule has 0 radical (unpaired) electrons. The van der Waals surface area contributed by atoms with Crippen LogP contribution in [0.1, 0.15) is 34.6 Å². The Balaban J connectivity index is 4.43. The Labute approximate surface area is 96.9 Å². The molecule has 0 unspecified atom stereocenters. The zero-order valence-corrected chi connectivity index (χ0v) is 11.0. The molecule has 2 N–H and O–H groups in total. The number of carbonyl (C=O) groups excluding carboxylic acids is 2. The molecule has 0 fully saturated rings. The molecule has 0 spiro atoms. The second kappa shape index (κ2) is 4.72. The largest absolute Gasteiger partial charge is 0.444 e. The standard InChI is InChI=1S/C11H22N2O3/c1-10(2,3)16-9(15)13(6)7-11(4,5)8(12)14/h7H2,1-6H3,(H2,12,14). The molecule has 0 aliphatic rings. The van der Waals surface area contributed by atoms with Crippen molar-refractivity contribution in [3.63, 3.8) is 0 Å². The van der Waals surface area contributed by atoms with E-state index in [2.05, 4.69) is 0 Å². The minimum absolute atomic E-state index is 0.233. The van der Waals surface area contributed by atoms with Crippen LogP contribution < -0.4 is 5.73 Å². The Morgan fingerprint density at radius 1 is 1.19 bits per heavy atom. The number of primary amides is 1. The van der Waals surface area contributed by atoms with Crippen LogP contribution in [-0.4, -0.2) is 36.1 Å². The fraction of sp³-hybridized carbons (Fsp3) is 0.818. The summed E-state index contributed by atoms with van der Waals surface area (Å²) < 4.78 is 5.16. The lowest BCUT2D eigenvalue weighted by Gasteiger charge is -2.29. The molecule has 0 aromatic carbocycles. The predicted octanol–water partition coefficient (Wildman–Crippen LogP) is 1.36. The van der Waals surface area contributed by atoms with Crippen molar-refractivity contribution in [1.29, 1.82) is 0 Å². The van der Waals surface area contributed by atoms with Crippen LogP contribution in [-0.2, 0) is 9.53 Å². The molecule has 0 heterocycles. The Kier molecular flexibility index (Phi) is 4.35. The van der Waals surface area contributed by atoms with Crippen LogP contribution in [0.2, 0.25) is 0 Å². The van der Waals surface area contributed by atoms with Crippen molar-refractivity contribution < 1.29 is 14.3 Å². The predicted molar refractivity (Wildman–Crippen MR) is 61.8 cm³/mol. The molecular weight excluding hydrogens is 208 g/mol. The molecule has 0 aromatic heterocycles. The SMILES string of the molecule is CN(CC(C)(C)C(N)=O)C(=O)OC(C)(C)C. The molecule has 5 nitrogen and oxygen atoms in total. The summed E-state index contributed by atoms with van der Waals surface area (Å²) in [5.74, 6) is -0.442. The number of ether oxygens (including phenoxy) is 1. The van der Waals surface area contributed by atoms with Crippen LogP contribution in [0, 0.1) is 5.41 Å². The molecule has 16 heavy (non-hydrogen) atoms. The van der Waals surface area contributed by atoms with E-state index in [0.29, 0.717) is 0 Å². The molecule has 0 aromatic rings. The van der Waals surface area contributed by atoms with Crippen LogP contribution in [0.25, 0.3) is 0 Å². The van der Waals surface area contributed by atoms with Gasteiger partial charge in [0.2, 0.25) is 5.91 Å². The van der Waals surface area contributed by atoms with E-state index in [0.717, 1.165) is 0 Å². The fourth-order valence-corrected chi connectivity index (χ4v) is 1.08. The summed E-state index contributed by atoms with van der Waals surface area (Å²) in [6.07, 6.45) is -0.457. The average Bonchev–Trinajstić information content (AvgIpc) is 1.99. The molecule has 0 aliphatic carbocycles. The summed E-state index contributed by atoms with van der Waals surface area (Å²) in [5, 5.41) is 0. The highest BCUT2D eigenvalue weighted by Crippen LogP contribution is 2.17. The molecule has 94 valence electrons. The van der Waals surface area contributed by atoms with Gasteiger partial charge in [-0.25, -0.2) is 4.79 Å². The van der Waals surface area contributed by atoms with E-state index in [1.54, 1.807) is 41.7 Å². The van der Waals surface area contributed by atoms with Crippen molar-refractivity contribution in [2.45, 2.75) is 40.2 Å². The van der Waals surface area contributed by atoms with Crippen molar-refractivity contribution in [3.05, 3.63) is 0 Å². The van der Waals surface area contributed by atoms with E-state index >= 15 is 0 Å². The number of rotatable bonds is 3. The van der Waals surface area contributed by atoms with E-state index < -0.39 is 23.0 Å². The number of nitrogens with zero attached hydrogens (tertiary/aromatic N) is 1. The van der Waals surface area contributed by atoms with Gasteiger partial charge < -0.3 is 15.4 Å². The molecule has 0 atom stereocenters. The highest BCUT2D eigenvalue weighted by Gasteiger charge is 2.30. The van der Waals surface area contributed by atoms with Crippen molar-refractivity contribution in [1.82, 2.24) is 4.90 Å². The number of hydrogen-bond acceptors (Lipinski definition) is 3. The summed E-state index contributed by atoms with van der Waals surface area (Å²) in [7, 11) is 1.58. The van der Waals surface area contributed by atoms with Gasteiger partial charge in [0.25, 0.3) is 0 Å². The summed E-state index contributed by atoms with van der Waals surface area (Å²) in [6.45, 7) is 8.98. The van der Waals surface area contributed by atoms with Gasteiger partial charge in [0.15, 0.2) is 0 Å². The first-order chi connectivity index (χ1) is 6.96. The zero-order chi connectivity index (χ0) is 13.1. The van der Waals surface area contributed by atoms with Crippen molar-refractivity contribution in [2.75, 3.05) is 13.6 Å².